The first kappa shape index (κ1) is 16.9. The molecule has 0 aromatic carbocycles. The van der Waals surface area contributed by atoms with E-state index in [2.05, 4.69) is 10.3 Å². The van der Waals surface area contributed by atoms with Crippen molar-refractivity contribution < 1.29 is 13.4 Å². The van der Waals surface area contributed by atoms with Gasteiger partial charge in [-0.25, -0.2) is 0 Å². The van der Waals surface area contributed by atoms with Crippen LogP contribution in [-0.2, 0) is 4.79 Å². The monoisotopic (exact) mass is 417 g/mol. The Labute approximate surface area is 141 Å². The van der Waals surface area contributed by atoms with Gasteiger partial charge in [0.15, 0.2) is 0 Å². The standard InChI is InChI=1S/C14H15BF2IN3O/c1-9-5-10(2)21(15(16)17)13(9)6-11-3-4-12(20-11)8-19-14(22)7-18/h3-6H,7-8H2,1-2H3,(H,19,22)/b11-6-. The van der Waals surface area contributed by atoms with Crippen LogP contribution in [0.1, 0.15) is 17.0 Å². The molecule has 1 aromatic heterocycles. The van der Waals surface area contributed by atoms with E-state index in [0.717, 1.165) is 10.0 Å². The summed E-state index contributed by atoms with van der Waals surface area (Å²) in [5, 5.41) is 2.72. The second kappa shape index (κ2) is 7.21. The second-order valence-corrected chi connectivity index (χ2v) is 5.68. The molecule has 0 saturated heterocycles. The van der Waals surface area contributed by atoms with Crippen molar-refractivity contribution in [1.29, 1.82) is 0 Å². The van der Waals surface area contributed by atoms with Crippen molar-refractivity contribution in [2.75, 3.05) is 11.0 Å². The van der Waals surface area contributed by atoms with E-state index in [0.29, 0.717) is 33.8 Å². The van der Waals surface area contributed by atoms with E-state index in [9.17, 15) is 13.4 Å². The maximum atomic E-state index is 13.1. The molecule has 0 unspecified atom stereocenters. The third-order valence-electron chi connectivity index (χ3n) is 3.26. The van der Waals surface area contributed by atoms with E-state index in [4.69, 9.17) is 0 Å². The van der Waals surface area contributed by atoms with Crippen molar-refractivity contribution in [2.24, 2.45) is 4.99 Å². The zero-order valence-corrected chi connectivity index (χ0v) is 14.4. The highest BCUT2D eigenvalue weighted by atomic mass is 127. The summed E-state index contributed by atoms with van der Waals surface area (Å²) in [7, 11) is -2.59. The largest absolute Gasteiger partial charge is 0.677 e. The molecule has 4 nitrogen and oxygen atoms in total. The zero-order chi connectivity index (χ0) is 16.3. The average Bonchev–Trinajstić information content (AvgIpc) is 3.01. The Kier molecular flexibility index (Phi) is 5.55. The van der Waals surface area contributed by atoms with Crippen LogP contribution in [-0.4, -0.2) is 34.5 Å². The summed E-state index contributed by atoms with van der Waals surface area (Å²) in [5.74, 6) is -0.0628. The smallest absolute Gasteiger partial charge is 0.350 e. The number of alkyl halides is 1. The highest BCUT2D eigenvalue weighted by Crippen LogP contribution is 2.22. The number of allylic oxidation sites excluding steroid dienone is 1. The molecule has 0 fully saturated rings. The number of rotatable bonds is 5. The molecule has 116 valence electrons. The SMILES string of the molecule is Cc1cc(C)n(B(F)F)c1/C=C1/C=CC(CNC(=O)CI)=N1. The first-order valence-corrected chi connectivity index (χ1v) is 8.21. The summed E-state index contributed by atoms with van der Waals surface area (Å²) in [6.45, 7) is 3.78. The number of nitrogens with one attached hydrogen (secondary N) is 1. The van der Waals surface area contributed by atoms with Gasteiger partial charge in [0, 0.05) is 11.4 Å². The highest BCUT2D eigenvalue weighted by Gasteiger charge is 2.23. The number of hydrogen-bond donors (Lipinski definition) is 1. The fourth-order valence-electron chi connectivity index (χ4n) is 2.26. The van der Waals surface area contributed by atoms with Crippen LogP contribution in [0.3, 0.4) is 0 Å². The predicted molar refractivity (Wildman–Crippen MR) is 93.7 cm³/mol. The minimum Gasteiger partial charge on any atom is -0.350 e. The lowest BCUT2D eigenvalue weighted by molar-refractivity contribution is -0.118. The van der Waals surface area contributed by atoms with Gasteiger partial charge in [-0.05, 0) is 43.7 Å². The van der Waals surface area contributed by atoms with E-state index in [1.165, 1.54) is 0 Å². The number of carbonyl (C=O) groups is 1. The Morgan fingerprint density at radius 1 is 1.45 bits per heavy atom. The van der Waals surface area contributed by atoms with Gasteiger partial charge in [-0.3, -0.25) is 18.4 Å². The number of aryl methyl sites for hydroxylation is 2. The first-order valence-electron chi connectivity index (χ1n) is 6.69. The van der Waals surface area contributed by atoms with Gasteiger partial charge in [0.1, 0.15) is 0 Å². The number of halogens is 3. The molecule has 1 N–H and O–H groups in total. The fraction of sp³-hybridized carbons (Fsp3) is 0.286. The summed E-state index contributed by atoms with van der Waals surface area (Å²) in [6, 6.07) is 1.72. The second-order valence-electron chi connectivity index (χ2n) is 4.92. The highest BCUT2D eigenvalue weighted by molar-refractivity contribution is 14.1. The zero-order valence-electron chi connectivity index (χ0n) is 12.2. The number of carbonyl (C=O) groups excluding carboxylic acids is 1. The van der Waals surface area contributed by atoms with Crippen molar-refractivity contribution in [3.63, 3.8) is 0 Å². The van der Waals surface area contributed by atoms with Gasteiger partial charge in [-0.1, -0.05) is 22.6 Å². The summed E-state index contributed by atoms with van der Waals surface area (Å²) in [5.41, 5.74) is 3.05. The summed E-state index contributed by atoms with van der Waals surface area (Å²) in [4.78, 5) is 15.5. The van der Waals surface area contributed by atoms with Crippen LogP contribution in [0.4, 0.5) is 8.63 Å². The van der Waals surface area contributed by atoms with Crippen LogP contribution in [0.25, 0.3) is 6.08 Å². The fourth-order valence-corrected chi connectivity index (χ4v) is 2.53. The number of hydrogen-bond acceptors (Lipinski definition) is 2. The van der Waals surface area contributed by atoms with Gasteiger partial charge in [0.2, 0.25) is 5.91 Å². The average molecular weight is 417 g/mol. The molecule has 0 saturated carbocycles. The molecule has 0 atom stereocenters. The van der Waals surface area contributed by atoms with Crippen molar-refractivity contribution in [3.05, 3.63) is 40.9 Å². The molecular weight excluding hydrogens is 402 g/mol. The Hall–Kier alpha value is -1.45. The minimum atomic E-state index is -2.59. The Morgan fingerprint density at radius 3 is 2.82 bits per heavy atom. The van der Waals surface area contributed by atoms with E-state index in [1.54, 1.807) is 38.1 Å². The lowest BCUT2D eigenvalue weighted by atomic mass is 10.1. The third-order valence-corrected chi connectivity index (χ3v) is 3.95. The summed E-state index contributed by atoms with van der Waals surface area (Å²) >= 11 is 1.98. The molecule has 2 rings (SSSR count). The summed E-state index contributed by atoms with van der Waals surface area (Å²) in [6.07, 6.45) is 5.17. The molecule has 1 amide bonds. The van der Waals surface area contributed by atoms with Gasteiger partial charge in [-0.15, -0.1) is 0 Å². The van der Waals surface area contributed by atoms with Crippen LogP contribution in [0.2, 0.25) is 0 Å². The molecule has 2 heterocycles. The maximum Gasteiger partial charge on any atom is 0.677 e. The molecular formula is C14H15BF2IN3O. The normalized spacial score (nSPS) is 15.3. The molecule has 0 aliphatic carbocycles. The van der Waals surface area contributed by atoms with Crippen LogP contribution >= 0.6 is 22.6 Å². The van der Waals surface area contributed by atoms with Crippen molar-refractivity contribution in [2.45, 2.75) is 13.8 Å². The topological polar surface area (TPSA) is 46.4 Å². The van der Waals surface area contributed by atoms with Crippen LogP contribution < -0.4 is 5.32 Å². The van der Waals surface area contributed by atoms with Gasteiger partial charge in [-0.2, -0.15) is 0 Å². The number of nitrogens with zero attached hydrogens (tertiary/aromatic N) is 2. The van der Waals surface area contributed by atoms with E-state index in [1.807, 2.05) is 22.6 Å². The number of aliphatic imine (C=N–C) groups is 1. The molecule has 22 heavy (non-hydrogen) atoms. The molecule has 0 bridgehead atoms. The molecule has 1 aliphatic heterocycles. The Morgan fingerprint density at radius 2 is 2.18 bits per heavy atom. The Balaban J connectivity index is 2.20. The molecule has 0 radical (unpaired) electrons. The third kappa shape index (κ3) is 3.85. The molecule has 0 spiro atoms. The van der Waals surface area contributed by atoms with Crippen molar-refractivity contribution in [1.82, 2.24) is 9.79 Å². The van der Waals surface area contributed by atoms with Crippen molar-refractivity contribution in [3.8, 4) is 0 Å². The number of aromatic nitrogens is 1. The summed E-state index contributed by atoms with van der Waals surface area (Å²) < 4.78 is 27.6. The van der Waals surface area contributed by atoms with E-state index < -0.39 is 7.40 Å². The molecule has 1 aliphatic rings. The van der Waals surface area contributed by atoms with Gasteiger partial charge in [0.25, 0.3) is 0 Å². The van der Waals surface area contributed by atoms with Gasteiger partial charge < -0.3 is 9.79 Å². The van der Waals surface area contributed by atoms with Gasteiger partial charge in [0.05, 0.1) is 22.4 Å². The van der Waals surface area contributed by atoms with Crippen molar-refractivity contribution >= 4 is 47.7 Å². The van der Waals surface area contributed by atoms with Crippen LogP contribution in [0.15, 0.2) is 28.9 Å². The van der Waals surface area contributed by atoms with E-state index in [-0.39, 0.29) is 5.91 Å². The lowest BCUT2D eigenvalue weighted by Crippen LogP contribution is -2.29. The quantitative estimate of drug-likeness (QED) is 0.447. The van der Waals surface area contributed by atoms with E-state index >= 15 is 0 Å². The first-order chi connectivity index (χ1) is 10.4. The maximum absolute atomic E-state index is 13.1. The van der Waals surface area contributed by atoms with Gasteiger partial charge >= 0.3 is 7.40 Å². The van der Waals surface area contributed by atoms with Crippen LogP contribution in [0.5, 0.6) is 0 Å². The van der Waals surface area contributed by atoms with Crippen LogP contribution in [0, 0.1) is 13.8 Å². The minimum absolute atomic E-state index is 0.0628. The Bertz CT molecular complexity index is 680. The molecule has 1 aromatic rings. The molecule has 8 heteroatoms. The number of amides is 1. The lowest BCUT2D eigenvalue weighted by Gasteiger charge is -2.05. The predicted octanol–water partition coefficient (Wildman–Crippen LogP) is 2.78.